The smallest absolute Gasteiger partial charge is 0.0833 e. The van der Waals surface area contributed by atoms with Gasteiger partial charge < -0.3 is 10.1 Å². The monoisotopic (exact) mass is 253 g/mol. The van der Waals surface area contributed by atoms with Crippen LogP contribution in [0.5, 0.6) is 0 Å². The van der Waals surface area contributed by atoms with Crippen LogP contribution in [0.25, 0.3) is 0 Å². The topological polar surface area (TPSA) is 21.3 Å². The first-order valence-corrected chi connectivity index (χ1v) is 8.06. The minimum Gasteiger partial charge on any atom is -0.377 e. The molecule has 18 heavy (non-hydrogen) atoms. The van der Waals surface area contributed by atoms with Crippen LogP contribution in [0.2, 0.25) is 0 Å². The minimum absolute atomic E-state index is 0.158. The number of nitrogens with one attached hydrogen (secondary N) is 1. The molecule has 0 saturated heterocycles. The summed E-state index contributed by atoms with van der Waals surface area (Å²) in [5.74, 6) is 1.75. The Hall–Kier alpha value is -0.0800. The molecule has 0 bridgehead atoms. The molecule has 2 nitrogen and oxygen atoms in total. The lowest BCUT2D eigenvalue weighted by atomic mass is 9.63. The van der Waals surface area contributed by atoms with Gasteiger partial charge in [0.1, 0.15) is 0 Å². The van der Waals surface area contributed by atoms with Gasteiger partial charge >= 0.3 is 0 Å². The predicted octanol–water partition coefficient (Wildman–Crippen LogP) is 3.75. The van der Waals surface area contributed by atoms with Crippen molar-refractivity contribution in [3.63, 3.8) is 0 Å². The predicted molar refractivity (Wildman–Crippen MR) is 76.8 cm³/mol. The number of methoxy groups -OCH3 is 1. The molecule has 0 spiro atoms. The molecule has 2 aliphatic rings. The summed E-state index contributed by atoms with van der Waals surface area (Å²) in [6.45, 7) is 5.67. The number of hydrogen-bond acceptors (Lipinski definition) is 2. The Balaban J connectivity index is 2.12. The molecular weight excluding hydrogens is 222 g/mol. The van der Waals surface area contributed by atoms with Crippen LogP contribution in [-0.4, -0.2) is 25.3 Å². The average Bonchev–Trinajstić information content (AvgIpc) is 2.37. The van der Waals surface area contributed by atoms with Gasteiger partial charge in [0, 0.05) is 13.2 Å². The maximum atomic E-state index is 5.97. The highest BCUT2D eigenvalue weighted by Crippen LogP contribution is 2.45. The standard InChI is InChI=1S/C16H31NO/c1-4-13-9-6-7-10-14(13)15(17-5-2)16(18-3)11-8-12-16/h13-15,17H,4-12H2,1-3H3. The van der Waals surface area contributed by atoms with Crippen LogP contribution in [0.15, 0.2) is 0 Å². The molecule has 1 N–H and O–H groups in total. The maximum Gasteiger partial charge on any atom is 0.0833 e. The Labute approximate surface area is 113 Å². The van der Waals surface area contributed by atoms with Gasteiger partial charge in [0.2, 0.25) is 0 Å². The molecule has 2 rings (SSSR count). The van der Waals surface area contributed by atoms with Gasteiger partial charge in [-0.1, -0.05) is 39.5 Å². The van der Waals surface area contributed by atoms with Gasteiger partial charge in [-0.25, -0.2) is 0 Å². The first-order chi connectivity index (χ1) is 8.77. The fraction of sp³-hybridized carbons (Fsp3) is 1.00. The molecule has 0 amide bonds. The van der Waals surface area contributed by atoms with E-state index in [2.05, 4.69) is 19.2 Å². The Morgan fingerprint density at radius 1 is 1.17 bits per heavy atom. The molecule has 2 saturated carbocycles. The summed E-state index contributed by atoms with van der Waals surface area (Å²) in [5, 5.41) is 3.79. The fourth-order valence-electron chi connectivity index (χ4n) is 4.30. The number of hydrogen-bond donors (Lipinski definition) is 1. The van der Waals surface area contributed by atoms with Crippen LogP contribution in [0.1, 0.15) is 65.2 Å². The van der Waals surface area contributed by atoms with Crippen molar-refractivity contribution in [1.82, 2.24) is 5.32 Å². The number of rotatable bonds is 6. The summed E-state index contributed by atoms with van der Waals surface area (Å²) < 4.78 is 5.97. The molecule has 0 aromatic heterocycles. The summed E-state index contributed by atoms with van der Waals surface area (Å²) in [4.78, 5) is 0. The zero-order valence-corrected chi connectivity index (χ0v) is 12.5. The van der Waals surface area contributed by atoms with E-state index >= 15 is 0 Å². The highest BCUT2D eigenvalue weighted by Gasteiger charge is 2.48. The second-order valence-electron chi connectivity index (χ2n) is 6.27. The lowest BCUT2D eigenvalue weighted by molar-refractivity contribution is -0.120. The molecule has 0 heterocycles. The summed E-state index contributed by atoms with van der Waals surface area (Å²) in [7, 11) is 1.92. The van der Waals surface area contributed by atoms with E-state index in [-0.39, 0.29) is 5.60 Å². The summed E-state index contributed by atoms with van der Waals surface area (Å²) in [6, 6.07) is 0.589. The normalized spacial score (nSPS) is 32.8. The minimum atomic E-state index is 0.158. The van der Waals surface area contributed by atoms with Crippen LogP contribution in [0, 0.1) is 11.8 Å². The van der Waals surface area contributed by atoms with Crippen LogP contribution >= 0.6 is 0 Å². The first-order valence-electron chi connectivity index (χ1n) is 8.06. The van der Waals surface area contributed by atoms with Crippen LogP contribution in [0.3, 0.4) is 0 Å². The van der Waals surface area contributed by atoms with Gasteiger partial charge in [0.25, 0.3) is 0 Å². The molecule has 2 heteroatoms. The molecule has 0 aromatic rings. The van der Waals surface area contributed by atoms with Crippen molar-refractivity contribution >= 4 is 0 Å². The van der Waals surface area contributed by atoms with E-state index < -0.39 is 0 Å². The van der Waals surface area contributed by atoms with Crippen molar-refractivity contribution in [2.45, 2.75) is 76.9 Å². The highest BCUT2D eigenvalue weighted by atomic mass is 16.5. The molecular formula is C16H31NO. The third kappa shape index (κ3) is 2.60. The third-order valence-electron chi connectivity index (χ3n) is 5.52. The third-order valence-corrected chi connectivity index (χ3v) is 5.52. The molecule has 106 valence electrons. The lowest BCUT2D eigenvalue weighted by Gasteiger charge is -2.52. The van der Waals surface area contributed by atoms with Gasteiger partial charge in [-0.2, -0.15) is 0 Å². The Kier molecular flexibility index (Phi) is 5.08. The molecule has 2 fully saturated rings. The second kappa shape index (κ2) is 6.38. The van der Waals surface area contributed by atoms with E-state index in [1.807, 2.05) is 7.11 Å². The zero-order chi connectivity index (χ0) is 13.0. The van der Waals surface area contributed by atoms with E-state index in [9.17, 15) is 0 Å². The van der Waals surface area contributed by atoms with Gasteiger partial charge in [0.05, 0.1) is 5.60 Å². The Morgan fingerprint density at radius 3 is 2.39 bits per heavy atom. The van der Waals surface area contributed by atoms with E-state index in [1.54, 1.807) is 0 Å². The van der Waals surface area contributed by atoms with Crippen molar-refractivity contribution in [3.05, 3.63) is 0 Å². The fourth-order valence-corrected chi connectivity index (χ4v) is 4.30. The van der Waals surface area contributed by atoms with Gasteiger partial charge in [0.15, 0.2) is 0 Å². The molecule has 3 unspecified atom stereocenters. The molecule has 0 radical (unpaired) electrons. The van der Waals surface area contributed by atoms with E-state index in [0.29, 0.717) is 6.04 Å². The van der Waals surface area contributed by atoms with Crippen LogP contribution in [-0.2, 0) is 4.74 Å². The number of likely N-dealkylation sites (N-methyl/N-ethyl adjacent to an activating group) is 1. The lowest BCUT2D eigenvalue weighted by Crippen LogP contribution is -2.61. The Bertz CT molecular complexity index is 244. The average molecular weight is 253 g/mol. The van der Waals surface area contributed by atoms with Crippen molar-refractivity contribution in [3.8, 4) is 0 Å². The maximum absolute atomic E-state index is 5.97. The van der Waals surface area contributed by atoms with Gasteiger partial charge in [-0.15, -0.1) is 0 Å². The van der Waals surface area contributed by atoms with Crippen molar-refractivity contribution in [2.24, 2.45) is 11.8 Å². The summed E-state index contributed by atoms with van der Waals surface area (Å²) >= 11 is 0. The van der Waals surface area contributed by atoms with Crippen molar-refractivity contribution < 1.29 is 4.74 Å². The van der Waals surface area contributed by atoms with Crippen LogP contribution in [0.4, 0.5) is 0 Å². The van der Waals surface area contributed by atoms with Crippen molar-refractivity contribution in [1.29, 1.82) is 0 Å². The Morgan fingerprint density at radius 2 is 1.89 bits per heavy atom. The molecule has 0 aliphatic heterocycles. The number of ether oxygens (including phenoxy) is 1. The molecule has 0 aromatic carbocycles. The quantitative estimate of drug-likeness (QED) is 0.778. The second-order valence-corrected chi connectivity index (χ2v) is 6.27. The molecule has 2 aliphatic carbocycles. The van der Waals surface area contributed by atoms with E-state index in [1.165, 1.54) is 51.4 Å². The largest absolute Gasteiger partial charge is 0.377 e. The summed E-state index contributed by atoms with van der Waals surface area (Å²) in [6.07, 6.45) is 10.9. The van der Waals surface area contributed by atoms with Crippen molar-refractivity contribution in [2.75, 3.05) is 13.7 Å². The van der Waals surface area contributed by atoms with Gasteiger partial charge in [-0.05, 0) is 44.1 Å². The van der Waals surface area contributed by atoms with Crippen LogP contribution < -0.4 is 5.32 Å². The highest BCUT2D eigenvalue weighted by molar-refractivity contribution is 5.04. The van der Waals surface area contributed by atoms with E-state index in [0.717, 1.165) is 18.4 Å². The first kappa shape index (κ1) is 14.3. The zero-order valence-electron chi connectivity index (χ0n) is 12.5. The van der Waals surface area contributed by atoms with Gasteiger partial charge in [-0.3, -0.25) is 0 Å². The molecule has 3 atom stereocenters. The SMILES string of the molecule is CCNC(C1CCCCC1CC)C1(OC)CCC1. The summed E-state index contributed by atoms with van der Waals surface area (Å²) in [5.41, 5.74) is 0.158. The van der Waals surface area contributed by atoms with E-state index in [4.69, 9.17) is 4.74 Å².